The molecule has 1 unspecified atom stereocenters. The van der Waals surface area contributed by atoms with E-state index in [1.807, 2.05) is 30.3 Å². The van der Waals surface area contributed by atoms with Crippen molar-refractivity contribution in [2.24, 2.45) is 0 Å². The van der Waals surface area contributed by atoms with Crippen LogP contribution in [0, 0.1) is 0 Å². The molecule has 2 aliphatic rings. The number of nitrogens with one attached hydrogen (secondary N) is 2. The number of nitrogens with zero attached hydrogens (tertiary/aromatic N) is 2. The number of methoxy groups -OCH3 is 1. The van der Waals surface area contributed by atoms with Gasteiger partial charge in [0.1, 0.15) is 0 Å². The molecule has 31 heavy (non-hydrogen) atoms. The smallest absolute Gasteiger partial charge is 0.338 e. The van der Waals surface area contributed by atoms with Crippen LogP contribution in [0.15, 0.2) is 65.9 Å². The van der Waals surface area contributed by atoms with Gasteiger partial charge < -0.3 is 20.3 Å². The van der Waals surface area contributed by atoms with Gasteiger partial charge >= 0.3 is 12.0 Å². The number of halogens is 1. The summed E-state index contributed by atoms with van der Waals surface area (Å²) in [5, 5.41) is 6.11. The molecule has 2 aliphatic heterocycles. The molecule has 0 aliphatic carbocycles. The molecule has 0 radical (unpaired) electrons. The number of carbonyl (C=O) groups excluding carboxylic acids is 2. The van der Waals surface area contributed by atoms with Crippen LogP contribution in [-0.2, 0) is 9.53 Å². The summed E-state index contributed by atoms with van der Waals surface area (Å²) in [6.45, 7) is 3.80. The molecule has 2 amide bonds. The summed E-state index contributed by atoms with van der Waals surface area (Å²) in [6.07, 6.45) is 0. The average Bonchev–Trinajstić information content (AvgIpc) is 2.80. The van der Waals surface area contributed by atoms with Crippen LogP contribution in [0.5, 0.6) is 0 Å². The number of rotatable bonds is 5. The van der Waals surface area contributed by atoms with Crippen LogP contribution >= 0.6 is 11.6 Å². The second-order valence-corrected chi connectivity index (χ2v) is 7.94. The van der Waals surface area contributed by atoms with Crippen LogP contribution < -0.4 is 15.5 Å². The third-order valence-electron chi connectivity index (χ3n) is 5.65. The fourth-order valence-electron chi connectivity index (χ4n) is 4.06. The molecule has 0 aromatic heterocycles. The van der Waals surface area contributed by atoms with Crippen molar-refractivity contribution in [1.82, 2.24) is 15.5 Å². The monoisotopic (exact) mass is 440 g/mol. The lowest BCUT2D eigenvalue weighted by molar-refractivity contribution is -0.136. The van der Waals surface area contributed by atoms with Crippen molar-refractivity contribution in [2.75, 3.05) is 44.7 Å². The first kappa shape index (κ1) is 21.2. The van der Waals surface area contributed by atoms with E-state index in [0.29, 0.717) is 28.4 Å². The quantitative estimate of drug-likeness (QED) is 0.699. The molecule has 0 bridgehead atoms. The standard InChI is InChI=1S/C23H25ClN4O3/c1-31-22(29)20-19(25-23(30)26-21(20)17-9-5-6-10-18(17)24)15-27-11-13-28(14-12-27)16-7-3-2-4-8-16/h2-10,21H,11-15H2,1H3,(H2,25,26,30). The molecular weight excluding hydrogens is 416 g/mol. The highest BCUT2D eigenvalue weighted by molar-refractivity contribution is 6.31. The highest BCUT2D eigenvalue weighted by Crippen LogP contribution is 2.32. The number of hydrogen-bond donors (Lipinski definition) is 2. The van der Waals surface area contributed by atoms with Crippen LogP contribution in [0.3, 0.4) is 0 Å². The van der Waals surface area contributed by atoms with Gasteiger partial charge in [-0.05, 0) is 23.8 Å². The fourth-order valence-corrected chi connectivity index (χ4v) is 4.31. The lowest BCUT2D eigenvalue weighted by Crippen LogP contribution is -2.51. The molecule has 4 rings (SSSR count). The molecule has 7 nitrogen and oxygen atoms in total. The lowest BCUT2D eigenvalue weighted by atomic mass is 9.95. The third-order valence-corrected chi connectivity index (χ3v) is 5.99. The van der Waals surface area contributed by atoms with Crippen molar-refractivity contribution in [2.45, 2.75) is 6.04 Å². The van der Waals surface area contributed by atoms with Crippen molar-refractivity contribution in [3.8, 4) is 0 Å². The Morgan fingerprint density at radius 2 is 1.74 bits per heavy atom. The average molecular weight is 441 g/mol. The van der Waals surface area contributed by atoms with Crippen molar-refractivity contribution >= 4 is 29.3 Å². The number of ether oxygens (including phenoxy) is 1. The number of benzene rings is 2. The molecule has 1 saturated heterocycles. The van der Waals surface area contributed by atoms with E-state index in [1.165, 1.54) is 12.8 Å². The number of carbonyl (C=O) groups is 2. The Hall–Kier alpha value is -3.03. The predicted octanol–water partition coefficient (Wildman–Crippen LogP) is 2.94. The first-order valence-corrected chi connectivity index (χ1v) is 10.6. The first-order chi connectivity index (χ1) is 15.1. The molecule has 1 atom stereocenters. The van der Waals surface area contributed by atoms with E-state index < -0.39 is 12.0 Å². The van der Waals surface area contributed by atoms with E-state index >= 15 is 0 Å². The minimum absolute atomic E-state index is 0.365. The van der Waals surface area contributed by atoms with Gasteiger partial charge in [-0.15, -0.1) is 0 Å². The van der Waals surface area contributed by atoms with Gasteiger partial charge in [0.15, 0.2) is 0 Å². The minimum Gasteiger partial charge on any atom is -0.466 e. The van der Waals surface area contributed by atoms with E-state index in [2.05, 4.69) is 32.6 Å². The number of urea groups is 1. The number of piperazine rings is 1. The Morgan fingerprint density at radius 3 is 2.42 bits per heavy atom. The SMILES string of the molecule is COC(=O)C1=C(CN2CCN(c3ccccc3)CC2)NC(=O)NC1c1ccccc1Cl. The van der Waals surface area contributed by atoms with Crippen molar-refractivity contribution < 1.29 is 14.3 Å². The van der Waals surface area contributed by atoms with E-state index in [4.69, 9.17) is 16.3 Å². The Morgan fingerprint density at radius 1 is 1.06 bits per heavy atom. The summed E-state index contributed by atoms with van der Waals surface area (Å²) in [6, 6.07) is 16.4. The molecule has 0 saturated carbocycles. The van der Waals surface area contributed by atoms with Crippen LogP contribution in [0.2, 0.25) is 5.02 Å². The fraction of sp³-hybridized carbons (Fsp3) is 0.304. The van der Waals surface area contributed by atoms with Crippen LogP contribution in [-0.4, -0.2) is 56.7 Å². The molecular formula is C23H25ClN4O3. The molecule has 2 N–H and O–H groups in total. The summed E-state index contributed by atoms with van der Waals surface area (Å²) in [7, 11) is 1.34. The van der Waals surface area contributed by atoms with Gasteiger partial charge in [-0.3, -0.25) is 4.90 Å². The van der Waals surface area contributed by atoms with Gasteiger partial charge in [0.05, 0.1) is 18.7 Å². The molecule has 0 spiro atoms. The van der Waals surface area contributed by atoms with Crippen LogP contribution in [0.25, 0.3) is 0 Å². The van der Waals surface area contributed by atoms with Gasteiger partial charge in [0, 0.05) is 49.1 Å². The Kier molecular flexibility index (Phi) is 6.44. The normalized spacial score (nSPS) is 19.6. The van der Waals surface area contributed by atoms with Gasteiger partial charge in [-0.1, -0.05) is 48.0 Å². The van der Waals surface area contributed by atoms with Crippen LogP contribution in [0.1, 0.15) is 11.6 Å². The van der Waals surface area contributed by atoms with Crippen molar-refractivity contribution in [1.29, 1.82) is 0 Å². The van der Waals surface area contributed by atoms with Crippen LogP contribution in [0.4, 0.5) is 10.5 Å². The molecule has 8 heteroatoms. The Balaban J connectivity index is 1.56. The van der Waals surface area contributed by atoms with E-state index in [-0.39, 0.29) is 6.03 Å². The van der Waals surface area contributed by atoms with Crippen molar-refractivity contribution in [3.05, 3.63) is 76.5 Å². The summed E-state index contributed by atoms with van der Waals surface area (Å²) in [4.78, 5) is 29.7. The Labute approximate surface area is 186 Å². The maximum Gasteiger partial charge on any atom is 0.338 e. The maximum absolute atomic E-state index is 12.7. The van der Waals surface area contributed by atoms with Gasteiger partial charge in [-0.2, -0.15) is 0 Å². The van der Waals surface area contributed by atoms with E-state index in [0.717, 1.165) is 26.2 Å². The maximum atomic E-state index is 12.7. The number of hydrogen-bond acceptors (Lipinski definition) is 5. The Bertz CT molecular complexity index is 987. The van der Waals surface area contributed by atoms with Gasteiger partial charge in [0.25, 0.3) is 0 Å². The zero-order valence-electron chi connectivity index (χ0n) is 17.3. The number of esters is 1. The molecule has 2 heterocycles. The largest absolute Gasteiger partial charge is 0.466 e. The lowest BCUT2D eigenvalue weighted by Gasteiger charge is -2.38. The third kappa shape index (κ3) is 4.68. The minimum atomic E-state index is -0.671. The number of anilines is 1. The topological polar surface area (TPSA) is 73.9 Å². The second-order valence-electron chi connectivity index (χ2n) is 7.54. The summed E-state index contributed by atoms with van der Waals surface area (Å²) in [5.41, 5.74) is 2.78. The van der Waals surface area contributed by atoms with Crippen molar-refractivity contribution in [3.63, 3.8) is 0 Å². The van der Waals surface area contributed by atoms with Gasteiger partial charge in [0.2, 0.25) is 0 Å². The predicted molar refractivity (Wildman–Crippen MR) is 120 cm³/mol. The molecule has 1 fully saturated rings. The first-order valence-electron chi connectivity index (χ1n) is 10.2. The number of amides is 2. The summed E-state index contributed by atoms with van der Waals surface area (Å²) >= 11 is 6.37. The van der Waals surface area contributed by atoms with E-state index in [9.17, 15) is 9.59 Å². The number of para-hydroxylation sites is 1. The second kappa shape index (κ2) is 9.41. The zero-order valence-corrected chi connectivity index (χ0v) is 18.1. The van der Waals surface area contributed by atoms with E-state index in [1.54, 1.807) is 12.1 Å². The molecule has 2 aromatic carbocycles. The molecule has 2 aromatic rings. The summed E-state index contributed by atoms with van der Waals surface area (Å²) in [5.74, 6) is -0.490. The summed E-state index contributed by atoms with van der Waals surface area (Å²) < 4.78 is 5.05. The highest BCUT2D eigenvalue weighted by Gasteiger charge is 2.35. The van der Waals surface area contributed by atoms with Gasteiger partial charge in [-0.25, -0.2) is 9.59 Å². The molecule has 162 valence electrons. The zero-order chi connectivity index (χ0) is 21.8. The highest BCUT2D eigenvalue weighted by atomic mass is 35.5.